The molecule has 1 N–H and O–H groups in total. The van der Waals surface area contributed by atoms with E-state index in [1.165, 1.54) is 17.8 Å². The van der Waals surface area contributed by atoms with Gasteiger partial charge in [0.15, 0.2) is 0 Å². The van der Waals surface area contributed by atoms with Crippen LogP contribution in [-0.4, -0.2) is 11.5 Å². The van der Waals surface area contributed by atoms with E-state index in [0.29, 0.717) is 45.6 Å². The summed E-state index contributed by atoms with van der Waals surface area (Å²) < 4.78 is 5.29. The Morgan fingerprint density at radius 2 is 1.89 bits per heavy atom. The molecule has 138 valence electrons. The summed E-state index contributed by atoms with van der Waals surface area (Å²) in [7, 11) is 0. The van der Waals surface area contributed by atoms with E-state index in [9.17, 15) is 15.4 Å². The average Bonchev–Trinajstić information content (AvgIpc) is 3.20. The number of hydrogen-bond donors (Lipinski definition) is 1. The molecule has 0 atom stereocenters. The molecule has 0 bridgehead atoms. The quantitative estimate of drug-likeness (QED) is 0.436. The van der Waals surface area contributed by atoms with Gasteiger partial charge >= 0.3 is 0 Å². The first-order chi connectivity index (χ1) is 13.7. The van der Waals surface area contributed by atoms with Gasteiger partial charge in [0.2, 0.25) is 0 Å². The summed E-state index contributed by atoms with van der Waals surface area (Å²) in [6.07, 6.45) is 0. The van der Waals surface area contributed by atoms with Crippen LogP contribution in [0.2, 0.25) is 0 Å². The molecule has 0 fully saturated rings. The number of aromatic nitrogens is 1. The number of nitrogens with zero attached hydrogens (tertiary/aromatic N) is 4. The second kappa shape index (κ2) is 8.85. The number of benzene rings is 1. The summed E-state index contributed by atoms with van der Waals surface area (Å²) in [6.45, 7) is 2.49. The van der Waals surface area contributed by atoms with Crippen LogP contribution in [0.4, 0.5) is 11.7 Å². The highest BCUT2D eigenvalue weighted by atomic mass is 32.2. The fourth-order valence-corrected chi connectivity index (χ4v) is 3.58. The molecule has 0 saturated heterocycles. The van der Waals surface area contributed by atoms with Gasteiger partial charge in [-0.2, -0.15) is 10.5 Å². The standard InChI is InChI=1S/C20H15N5O2S/c1-2-23-19-15(10-21)18(13-6-4-3-5-7-13)16(11-22)20(24-19)28-12-14-8-9-17(25-26)27-14/h3-9H,2,12H2,1H3,(H,23,24). The van der Waals surface area contributed by atoms with Gasteiger partial charge in [-0.15, -0.1) is 4.91 Å². The normalized spacial score (nSPS) is 10.1. The summed E-state index contributed by atoms with van der Waals surface area (Å²) >= 11 is 1.30. The van der Waals surface area contributed by atoms with Gasteiger partial charge < -0.3 is 9.73 Å². The molecule has 3 aromatic rings. The molecular formula is C20H15N5O2S. The topological polar surface area (TPSA) is 115 Å². The van der Waals surface area contributed by atoms with E-state index < -0.39 is 0 Å². The maximum Gasteiger partial charge on any atom is 0.260 e. The first kappa shape index (κ1) is 19.2. The van der Waals surface area contributed by atoms with Crippen LogP contribution >= 0.6 is 11.8 Å². The Morgan fingerprint density at radius 3 is 2.50 bits per heavy atom. The van der Waals surface area contributed by atoms with Crippen molar-refractivity contribution in [2.45, 2.75) is 17.7 Å². The van der Waals surface area contributed by atoms with Crippen molar-refractivity contribution in [2.24, 2.45) is 5.18 Å². The summed E-state index contributed by atoms with van der Waals surface area (Å²) in [4.78, 5) is 15.1. The Kier molecular flexibility index (Phi) is 6.05. The lowest BCUT2D eigenvalue weighted by atomic mass is 9.97. The average molecular weight is 389 g/mol. The number of hydrogen-bond acceptors (Lipinski definition) is 8. The molecule has 0 radical (unpaired) electrons. The summed E-state index contributed by atoms with van der Waals surface area (Å²) in [5.74, 6) is 1.34. The number of furan rings is 1. The molecule has 0 saturated carbocycles. The maximum atomic E-state index is 10.5. The third-order valence-corrected chi connectivity index (χ3v) is 4.88. The molecule has 28 heavy (non-hydrogen) atoms. The van der Waals surface area contributed by atoms with E-state index in [1.54, 1.807) is 6.07 Å². The molecule has 8 heteroatoms. The minimum atomic E-state index is 0.00204. The predicted octanol–water partition coefficient (Wildman–Crippen LogP) is 5.21. The lowest BCUT2D eigenvalue weighted by molar-refractivity contribution is 0.540. The van der Waals surface area contributed by atoms with Crippen molar-refractivity contribution < 1.29 is 4.42 Å². The number of thioether (sulfide) groups is 1. The zero-order valence-corrected chi connectivity index (χ0v) is 15.8. The van der Waals surface area contributed by atoms with E-state index in [1.807, 2.05) is 37.3 Å². The summed E-state index contributed by atoms with van der Waals surface area (Å²) in [5.41, 5.74) is 1.98. The van der Waals surface area contributed by atoms with Gasteiger partial charge in [0.05, 0.1) is 11.3 Å². The van der Waals surface area contributed by atoms with Crippen molar-refractivity contribution in [3.05, 3.63) is 64.3 Å². The number of pyridine rings is 1. The predicted molar refractivity (Wildman–Crippen MR) is 107 cm³/mol. The number of rotatable bonds is 7. The van der Waals surface area contributed by atoms with Crippen LogP contribution in [0.3, 0.4) is 0 Å². The van der Waals surface area contributed by atoms with Gasteiger partial charge in [-0.25, -0.2) is 4.98 Å². The molecule has 0 spiro atoms. The number of anilines is 1. The van der Waals surface area contributed by atoms with Crippen LogP contribution in [0.1, 0.15) is 23.8 Å². The van der Waals surface area contributed by atoms with Crippen molar-refractivity contribution in [1.29, 1.82) is 10.5 Å². The highest BCUT2D eigenvalue weighted by Crippen LogP contribution is 2.37. The van der Waals surface area contributed by atoms with E-state index in [4.69, 9.17) is 4.42 Å². The molecular weight excluding hydrogens is 374 g/mol. The largest absolute Gasteiger partial charge is 0.440 e. The Labute approximate surface area is 166 Å². The van der Waals surface area contributed by atoms with E-state index in [2.05, 4.69) is 27.6 Å². The minimum Gasteiger partial charge on any atom is -0.440 e. The van der Waals surface area contributed by atoms with Gasteiger partial charge in [-0.3, -0.25) is 0 Å². The number of nitroso groups, excluding NO2 is 1. The van der Waals surface area contributed by atoms with E-state index in [-0.39, 0.29) is 5.88 Å². The first-order valence-electron chi connectivity index (χ1n) is 8.44. The van der Waals surface area contributed by atoms with Crippen molar-refractivity contribution in [2.75, 3.05) is 11.9 Å². The highest BCUT2D eigenvalue weighted by Gasteiger charge is 2.21. The van der Waals surface area contributed by atoms with Crippen LogP contribution in [0.25, 0.3) is 11.1 Å². The van der Waals surface area contributed by atoms with Crippen molar-refractivity contribution in [1.82, 2.24) is 4.98 Å². The summed E-state index contributed by atoms with van der Waals surface area (Å²) in [6, 6.07) is 16.8. The van der Waals surface area contributed by atoms with Crippen LogP contribution in [0.5, 0.6) is 0 Å². The molecule has 0 aliphatic carbocycles. The molecule has 1 aromatic carbocycles. The Bertz CT molecular complexity index is 1080. The van der Waals surface area contributed by atoms with Gasteiger partial charge in [-0.1, -0.05) is 42.1 Å². The van der Waals surface area contributed by atoms with Crippen LogP contribution in [0, 0.1) is 27.6 Å². The molecule has 0 amide bonds. The molecule has 0 unspecified atom stereocenters. The fourth-order valence-electron chi connectivity index (χ4n) is 2.70. The molecule has 2 aromatic heterocycles. The van der Waals surface area contributed by atoms with Crippen molar-refractivity contribution in [3.63, 3.8) is 0 Å². The van der Waals surface area contributed by atoms with Crippen LogP contribution in [-0.2, 0) is 5.75 Å². The van der Waals surface area contributed by atoms with E-state index in [0.717, 1.165) is 5.56 Å². The monoisotopic (exact) mass is 389 g/mol. The van der Waals surface area contributed by atoms with Gasteiger partial charge in [0.1, 0.15) is 34.3 Å². The molecule has 3 rings (SSSR count). The molecule has 0 aliphatic rings. The maximum absolute atomic E-state index is 10.5. The third kappa shape index (κ3) is 3.88. The van der Waals surface area contributed by atoms with Crippen molar-refractivity contribution in [3.8, 4) is 23.3 Å². The van der Waals surface area contributed by atoms with Gasteiger partial charge in [0.25, 0.3) is 5.88 Å². The first-order valence-corrected chi connectivity index (χ1v) is 9.42. The second-order valence-electron chi connectivity index (χ2n) is 5.63. The van der Waals surface area contributed by atoms with Crippen molar-refractivity contribution >= 4 is 23.5 Å². The van der Waals surface area contributed by atoms with Gasteiger partial charge in [0, 0.05) is 23.4 Å². The lowest BCUT2D eigenvalue weighted by Crippen LogP contribution is -2.07. The molecule has 2 heterocycles. The lowest BCUT2D eigenvalue weighted by Gasteiger charge is -2.15. The zero-order valence-electron chi connectivity index (χ0n) is 15.0. The third-order valence-electron chi connectivity index (χ3n) is 3.88. The van der Waals surface area contributed by atoms with Crippen LogP contribution < -0.4 is 5.32 Å². The number of nitriles is 2. The minimum absolute atomic E-state index is 0.00204. The smallest absolute Gasteiger partial charge is 0.260 e. The zero-order chi connectivity index (χ0) is 19.9. The van der Waals surface area contributed by atoms with Crippen LogP contribution in [0.15, 0.2) is 57.1 Å². The van der Waals surface area contributed by atoms with Gasteiger partial charge in [-0.05, 0) is 18.6 Å². The second-order valence-corrected chi connectivity index (χ2v) is 6.59. The Morgan fingerprint density at radius 1 is 1.14 bits per heavy atom. The SMILES string of the molecule is CCNc1nc(SCc2ccc(N=O)o2)c(C#N)c(-c2ccccc2)c1C#N. The Hall–Kier alpha value is -3.62. The van der Waals surface area contributed by atoms with E-state index >= 15 is 0 Å². The molecule has 0 aliphatic heterocycles. The highest BCUT2D eigenvalue weighted by molar-refractivity contribution is 7.98. The number of nitrogens with one attached hydrogen (secondary N) is 1. The Balaban J connectivity index is 2.11. The molecule has 7 nitrogen and oxygen atoms in total. The summed E-state index contributed by atoms with van der Waals surface area (Å²) in [5, 5.41) is 25.9. The fraction of sp³-hybridized carbons (Fsp3) is 0.150.